The van der Waals surface area contributed by atoms with Crippen LogP contribution in [0.3, 0.4) is 0 Å². The average Bonchev–Trinajstić information content (AvgIpc) is 2.35. The van der Waals surface area contributed by atoms with Gasteiger partial charge >= 0.3 is 0 Å². The van der Waals surface area contributed by atoms with Crippen molar-refractivity contribution in [3.63, 3.8) is 0 Å². The van der Waals surface area contributed by atoms with Crippen LogP contribution in [-0.2, 0) is 13.1 Å². The molecule has 0 bridgehead atoms. The summed E-state index contributed by atoms with van der Waals surface area (Å²) in [6, 6.07) is 4.71. The Hall–Kier alpha value is -1.52. The van der Waals surface area contributed by atoms with Crippen LogP contribution >= 0.6 is 11.6 Å². The van der Waals surface area contributed by atoms with Gasteiger partial charge in [0, 0.05) is 42.3 Å². The van der Waals surface area contributed by atoms with Crippen molar-refractivity contribution in [3.8, 4) is 0 Å². The molecule has 2 aromatic rings. The first kappa shape index (κ1) is 12.9. The van der Waals surface area contributed by atoms with E-state index >= 15 is 0 Å². The summed E-state index contributed by atoms with van der Waals surface area (Å²) in [6.07, 6.45) is 4.95. The number of benzene rings is 1. The molecule has 1 aromatic heterocycles. The van der Waals surface area contributed by atoms with Crippen molar-refractivity contribution >= 4 is 11.6 Å². The molecule has 2 rings (SSSR count). The second kappa shape index (κ2) is 5.89. The lowest BCUT2D eigenvalue weighted by Crippen LogP contribution is -2.19. The summed E-state index contributed by atoms with van der Waals surface area (Å²) in [5.41, 5.74) is 1.35. The molecule has 0 saturated heterocycles. The van der Waals surface area contributed by atoms with Gasteiger partial charge in [-0.2, -0.15) is 0 Å². The summed E-state index contributed by atoms with van der Waals surface area (Å²) in [5.74, 6) is -0.284. The van der Waals surface area contributed by atoms with Gasteiger partial charge in [-0.15, -0.1) is 0 Å². The van der Waals surface area contributed by atoms with Crippen LogP contribution in [0, 0.1) is 5.82 Å². The van der Waals surface area contributed by atoms with E-state index in [4.69, 9.17) is 11.6 Å². The Bertz CT molecular complexity index is 499. The normalized spacial score (nSPS) is 10.9. The van der Waals surface area contributed by atoms with Crippen LogP contribution in [0.25, 0.3) is 0 Å². The van der Waals surface area contributed by atoms with E-state index in [1.165, 1.54) is 6.07 Å². The van der Waals surface area contributed by atoms with E-state index in [0.717, 1.165) is 5.69 Å². The molecule has 0 aliphatic rings. The van der Waals surface area contributed by atoms with Crippen molar-refractivity contribution in [3.05, 3.63) is 58.9 Å². The van der Waals surface area contributed by atoms with Gasteiger partial charge in [0.05, 0.1) is 5.69 Å². The highest BCUT2D eigenvalue weighted by molar-refractivity contribution is 6.31. The highest BCUT2D eigenvalue weighted by atomic mass is 35.5. The van der Waals surface area contributed by atoms with E-state index < -0.39 is 0 Å². The van der Waals surface area contributed by atoms with Gasteiger partial charge in [0.15, 0.2) is 0 Å². The minimum Gasteiger partial charge on any atom is -0.296 e. The molecule has 5 heteroatoms. The molecule has 0 aliphatic heterocycles. The lowest BCUT2D eigenvalue weighted by molar-refractivity contribution is 0.309. The molecule has 94 valence electrons. The van der Waals surface area contributed by atoms with Crippen molar-refractivity contribution in [2.75, 3.05) is 7.05 Å². The zero-order chi connectivity index (χ0) is 13.0. The summed E-state index contributed by atoms with van der Waals surface area (Å²) >= 11 is 5.98. The molecule has 3 nitrogen and oxygen atoms in total. The zero-order valence-electron chi connectivity index (χ0n) is 9.98. The average molecular weight is 266 g/mol. The predicted octanol–water partition coefficient (Wildman–Crippen LogP) is 2.90. The maximum absolute atomic E-state index is 13.6. The van der Waals surface area contributed by atoms with Crippen LogP contribution < -0.4 is 0 Å². The van der Waals surface area contributed by atoms with Crippen molar-refractivity contribution < 1.29 is 4.39 Å². The largest absolute Gasteiger partial charge is 0.296 e. The van der Waals surface area contributed by atoms with Gasteiger partial charge < -0.3 is 0 Å². The summed E-state index contributed by atoms with van der Waals surface area (Å²) in [4.78, 5) is 10.1. The monoisotopic (exact) mass is 265 g/mol. The van der Waals surface area contributed by atoms with Gasteiger partial charge in [0.1, 0.15) is 5.82 Å². The summed E-state index contributed by atoms with van der Waals surface area (Å²) in [7, 11) is 1.89. The van der Waals surface area contributed by atoms with E-state index in [9.17, 15) is 4.39 Å². The number of halogens is 2. The number of rotatable bonds is 4. The zero-order valence-corrected chi connectivity index (χ0v) is 10.7. The standard InChI is InChI=1S/C13H13ClFN3/c1-18(8-10-7-16-5-6-17-10)9-11-12(14)3-2-4-13(11)15/h2-7H,8-9H2,1H3. The van der Waals surface area contributed by atoms with Crippen molar-refractivity contribution in [1.82, 2.24) is 14.9 Å². The first-order chi connectivity index (χ1) is 8.66. The van der Waals surface area contributed by atoms with E-state index in [0.29, 0.717) is 23.7 Å². The van der Waals surface area contributed by atoms with Crippen LogP contribution in [0.1, 0.15) is 11.3 Å². The lowest BCUT2D eigenvalue weighted by atomic mass is 10.2. The highest BCUT2D eigenvalue weighted by Crippen LogP contribution is 2.20. The SMILES string of the molecule is CN(Cc1cnccn1)Cc1c(F)cccc1Cl. The molecule has 0 radical (unpaired) electrons. The first-order valence-electron chi connectivity index (χ1n) is 5.53. The van der Waals surface area contributed by atoms with E-state index in [1.54, 1.807) is 30.7 Å². The Morgan fingerprint density at radius 2 is 2.11 bits per heavy atom. The fourth-order valence-electron chi connectivity index (χ4n) is 1.70. The molecule has 0 spiro atoms. The fourth-order valence-corrected chi connectivity index (χ4v) is 1.92. The van der Waals surface area contributed by atoms with Gasteiger partial charge in [-0.05, 0) is 19.2 Å². The summed E-state index contributed by atoms with van der Waals surface area (Å²) in [5, 5.41) is 0.445. The Kier molecular flexibility index (Phi) is 4.23. The molecule has 0 unspecified atom stereocenters. The molecule has 0 fully saturated rings. The van der Waals surface area contributed by atoms with Crippen LogP contribution in [0.15, 0.2) is 36.8 Å². The Balaban J connectivity index is 2.06. The topological polar surface area (TPSA) is 29.0 Å². The van der Waals surface area contributed by atoms with Gasteiger partial charge in [0.2, 0.25) is 0 Å². The van der Waals surface area contributed by atoms with Crippen LogP contribution in [-0.4, -0.2) is 21.9 Å². The minimum atomic E-state index is -0.284. The molecular weight excluding hydrogens is 253 g/mol. The van der Waals surface area contributed by atoms with Crippen LogP contribution in [0.2, 0.25) is 5.02 Å². The molecule has 0 aliphatic carbocycles. The molecule has 0 N–H and O–H groups in total. The highest BCUT2D eigenvalue weighted by Gasteiger charge is 2.10. The first-order valence-corrected chi connectivity index (χ1v) is 5.91. The molecule has 0 atom stereocenters. The van der Waals surface area contributed by atoms with Crippen molar-refractivity contribution in [2.45, 2.75) is 13.1 Å². The summed E-state index contributed by atoms with van der Waals surface area (Å²) in [6.45, 7) is 1.03. The van der Waals surface area contributed by atoms with Gasteiger partial charge in [-0.3, -0.25) is 14.9 Å². The third-order valence-corrected chi connectivity index (χ3v) is 2.89. The van der Waals surface area contributed by atoms with Gasteiger partial charge in [-0.25, -0.2) is 4.39 Å². The fraction of sp³-hybridized carbons (Fsp3) is 0.231. The lowest BCUT2D eigenvalue weighted by Gasteiger charge is -2.17. The number of aromatic nitrogens is 2. The smallest absolute Gasteiger partial charge is 0.129 e. The second-order valence-corrected chi connectivity index (χ2v) is 4.48. The van der Waals surface area contributed by atoms with E-state index in [-0.39, 0.29) is 5.82 Å². The Morgan fingerprint density at radius 1 is 1.28 bits per heavy atom. The van der Waals surface area contributed by atoms with Crippen molar-refractivity contribution in [2.24, 2.45) is 0 Å². The van der Waals surface area contributed by atoms with E-state index in [2.05, 4.69) is 9.97 Å². The third-order valence-electron chi connectivity index (χ3n) is 2.54. The molecule has 0 saturated carbocycles. The molecular formula is C13H13ClFN3. The number of hydrogen-bond donors (Lipinski definition) is 0. The van der Waals surface area contributed by atoms with Crippen molar-refractivity contribution in [1.29, 1.82) is 0 Å². The van der Waals surface area contributed by atoms with Gasteiger partial charge in [-0.1, -0.05) is 17.7 Å². The quantitative estimate of drug-likeness (QED) is 0.851. The van der Waals surface area contributed by atoms with Crippen LogP contribution in [0.5, 0.6) is 0 Å². The van der Waals surface area contributed by atoms with E-state index in [1.807, 2.05) is 11.9 Å². The van der Waals surface area contributed by atoms with Gasteiger partial charge in [0.25, 0.3) is 0 Å². The number of nitrogens with zero attached hydrogens (tertiary/aromatic N) is 3. The molecule has 1 heterocycles. The third kappa shape index (κ3) is 3.24. The molecule has 1 aromatic carbocycles. The maximum Gasteiger partial charge on any atom is 0.129 e. The minimum absolute atomic E-state index is 0.284. The number of hydrogen-bond acceptors (Lipinski definition) is 3. The Morgan fingerprint density at radius 3 is 2.78 bits per heavy atom. The van der Waals surface area contributed by atoms with Crippen LogP contribution in [0.4, 0.5) is 4.39 Å². The maximum atomic E-state index is 13.6. The predicted molar refractivity (Wildman–Crippen MR) is 68.6 cm³/mol. The Labute approximate surface area is 110 Å². The summed E-state index contributed by atoms with van der Waals surface area (Å²) < 4.78 is 13.6. The second-order valence-electron chi connectivity index (χ2n) is 4.07. The molecule has 0 amide bonds. The molecule has 18 heavy (non-hydrogen) atoms.